The summed E-state index contributed by atoms with van der Waals surface area (Å²) in [6.07, 6.45) is 1.10. The number of aryl methyl sites for hydroxylation is 1. The molecule has 29 heavy (non-hydrogen) atoms. The number of pyridine rings is 1. The predicted molar refractivity (Wildman–Crippen MR) is 113 cm³/mol. The smallest absolute Gasteiger partial charge is 0.418 e. The van der Waals surface area contributed by atoms with E-state index >= 15 is 0 Å². The highest BCUT2D eigenvalue weighted by Gasteiger charge is 2.21. The SMILES string of the molecule is Cc1ccc(C(=O)Nc2ccc(-c3cccn3C(=O)OC(C)(C)C)c(N)n2)cc1. The minimum Gasteiger partial charge on any atom is -0.443 e. The zero-order valence-electron chi connectivity index (χ0n) is 16.9. The molecular weight excluding hydrogens is 368 g/mol. The summed E-state index contributed by atoms with van der Waals surface area (Å²) >= 11 is 0. The number of anilines is 2. The minimum atomic E-state index is -0.619. The number of nitrogen functional groups attached to an aromatic ring is 1. The van der Waals surface area contributed by atoms with Crippen LogP contribution in [0.5, 0.6) is 0 Å². The van der Waals surface area contributed by atoms with Crippen molar-refractivity contribution in [2.45, 2.75) is 33.3 Å². The van der Waals surface area contributed by atoms with Crippen LogP contribution in [-0.2, 0) is 4.74 Å². The molecule has 2 aromatic heterocycles. The van der Waals surface area contributed by atoms with E-state index in [1.807, 2.05) is 19.1 Å². The number of carbonyl (C=O) groups is 2. The molecule has 0 saturated carbocycles. The molecule has 0 aliphatic carbocycles. The van der Waals surface area contributed by atoms with E-state index in [9.17, 15) is 9.59 Å². The van der Waals surface area contributed by atoms with E-state index in [1.54, 1.807) is 63.4 Å². The average molecular weight is 392 g/mol. The van der Waals surface area contributed by atoms with Crippen LogP contribution in [0.3, 0.4) is 0 Å². The quantitative estimate of drug-likeness (QED) is 0.685. The van der Waals surface area contributed by atoms with Crippen molar-refractivity contribution in [3.63, 3.8) is 0 Å². The first-order valence-electron chi connectivity index (χ1n) is 9.20. The molecule has 7 nitrogen and oxygen atoms in total. The fourth-order valence-corrected chi connectivity index (χ4v) is 2.73. The Bertz CT molecular complexity index is 1050. The van der Waals surface area contributed by atoms with Crippen molar-refractivity contribution in [1.29, 1.82) is 0 Å². The van der Waals surface area contributed by atoms with Gasteiger partial charge < -0.3 is 15.8 Å². The first kappa shape index (κ1) is 20.1. The lowest BCUT2D eigenvalue weighted by molar-refractivity contribution is 0.0540. The van der Waals surface area contributed by atoms with E-state index in [1.165, 1.54) is 4.57 Å². The summed E-state index contributed by atoms with van der Waals surface area (Å²) in [5.74, 6) is 0.240. The van der Waals surface area contributed by atoms with Crippen molar-refractivity contribution < 1.29 is 14.3 Å². The van der Waals surface area contributed by atoms with Crippen LogP contribution in [0.4, 0.5) is 16.4 Å². The Morgan fingerprint density at radius 1 is 1.07 bits per heavy atom. The summed E-state index contributed by atoms with van der Waals surface area (Å²) in [4.78, 5) is 29.1. The first-order valence-corrected chi connectivity index (χ1v) is 9.20. The lowest BCUT2D eigenvalue weighted by atomic mass is 10.1. The maximum absolute atomic E-state index is 12.4. The number of hydrogen-bond donors (Lipinski definition) is 2. The molecule has 1 aromatic carbocycles. The third-order valence-corrected chi connectivity index (χ3v) is 4.09. The average Bonchev–Trinajstić information content (AvgIpc) is 3.10. The van der Waals surface area contributed by atoms with Gasteiger partial charge in [0.15, 0.2) is 0 Å². The number of hydrogen-bond acceptors (Lipinski definition) is 5. The molecule has 3 rings (SSSR count). The summed E-state index contributed by atoms with van der Waals surface area (Å²) in [6, 6.07) is 14.1. The van der Waals surface area contributed by atoms with Crippen molar-refractivity contribution in [1.82, 2.24) is 9.55 Å². The first-order chi connectivity index (χ1) is 13.6. The van der Waals surface area contributed by atoms with Crippen LogP contribution in [0.25, 0.3) is 11.3 Å². The molecule has 0 aliphatic rings. The number of nitrogens with one attached hydrogen (secondary N) is 1. The Balaban J connectivity index is 1.82. The lowest BCUT2D eigenvalue weighted by Crippen LogP contribution is -2.27. The van der Waals surface area contributed by atoms with Gasteiger partial charge in [-0.3, -0.25) is 9.36 Å². The van der Waals surface area contributed by atoms with Gasteiger partial charge in [-0.2, -0.15) is 0 Å². The highest BCUT2D eigenvalue weighted by atomic mass is 16.6. The summed E-state index contributed by atoms with van der Waals surface area (Å²) in [6.45, 7) is 7.36. The molecule has 2 heterocycles. The molecule has 150 valence electrons. The Kier molecular flexibility index (Phi) is 5.41. The van der Waals surface area contributed by atoms with E-state index in [2.05, 4.69) is 10.3 Å². The second-order valence-electron chi connectivity index (χ2n) is 7.69. The standard InChI is InChI=1S/C22H24N4O3/c1-14-7-9-15(10-8-14)20(27)25-18-12-11-16(19(23)24-18)17-6-5-13-26(17)21(28)29-22(2,3)4/h5-13H,1-4H3,(H3,23,24,25,27). The molecule has 0 bridgehead atoms. The van der Waals surface area contributed by atoms with E-state index in [0.717, 1.165) is 5.56 Å². The number of amides is 1. The van der Waals surface area contributed by atoms with Crippen LogP contribution in [0.2, 0.25) is 0 Å². The van der Waals surface area contributed by atoms with Crippen molar-refractivity contribution in [3.05, 3.63) is 65.9 Å². The highest BCUT2D eigenvalue weighted by Crippen LogP contribution is 2.27. The van der Waals surface area contributed by atoms with E-state index < -0.39 is 11.7 Å². The van der Waals surface area contributed by atoms with Crippen LogP contribution in [0, 0.1) is 6.92 Å². The molecule has 0 radical (unpaired) electrons. The molecular formula is C22H24N4O3. The summed E-state index contributed by atoms with van der Waals surface area (Å²) < 4.78 is 6.80. The van der Waals surface area contributed by atoms with Gasteiger partial charge >= 0.3 is 6.09 Å². The third-order valence-electron chi connectivity index (χ3n) is 4.09. The maximum atomic E-state index is 12.4. The second-order valence-corrected chi connectivity index (χ2v) is 7.69. The fraction of sp³-hybridized carbons (Fsp3) is 0.227. The third kappa shape index (κ3) is 4.82. The number of carbonyl (C=O) groups excluding carboxylic acids is 2. The molecule has 0 saturated heterocycles. The summed E-state index contributed by atoms with van der Waals surface area (Å²) in [5, 5.41) is 2.73. The molecule has 0 unspecified atom stereocenters. The van der Waals surface area contributed by atoms with Crippen LogP contribution in [0.15, 0.2) is 54.7 Å². The number of nitrogens with two attached hydrogens (primary N) is 1. The Morgan fingerprint density at radius 2 is 1.76 bits per heavy atom. The van der Waals surface area contributed by atoms with Gasteiger partial charge in [0.25, 0.3) is 5.91 Å². The van der Waals surface area contributed by atoms with Crippen molar-refractivity contribution in [2.24, 2.45) is 0 Å². The van der Waals surface area contributed by atoms with Gasteiger partial charge in [-0.15, -0.1) is 0 Å². The normalized spacial score (nSPS) is 11.2. The largest absolute Gasteiger partial charge is 0.443 e. The number of aromatic nitrogens is 2. The molecule has 0 aliphatic heterocycles. The van der Waals surface area contributed by atoms with Gasteiger partial charge in [-0.1, -0.05) is 17.7 Å². The molecule has 0 fully saturated rings. The molecule has 0 atom stereocenters. The molecule has 3 aromatic rings. The number of benzene rings is 1. The van der Waals surface area contributed by atoms with Gasteiger partial charge in [0.05, 0.1) is 5.69 Å². The van der Waals surface area contributed by atoms with Crippen LogP contribution in [0.1, 0.15) is 36.7 Å². The zero-order valence-corrected chi connectivity index (χ0v) is 16.9. The summed E-state index contributed by atoms with van der Waals surface area (Å²) in [7, 11) is 0. The van der Waals surface area contributed by atoms with Gasteiger partial charge in [0.2, 0.25) is 0 Å². The van der Waals surface area contributed by atoms with E-state index in [4.69, 9.17) is 10.5 Å². The Labute approximate surface area is 169 Å². The number of nitrogens with zero attached hydrogens (tertiary/aromatic N) is 2. The minimum absolute atomic E-state index is 0.190. The Hall–Kier alpha value is -3.61. The fourth-order valence-electron chi connectivity index (χ4n) is 2.73. The number of ether oxygens (including phenoxy) is 1. The van der Waals surface area contributed by atoms with Gasteiger partial charge in [0, 0.05) is 17.3 Å². The van der Waals surface area contributed by atoms with Crippen molar-refractivity contribution >= 4 is 23.6 Å². The van der Waals surface area contributed by atoms with Crippen LogP contribution >= 0.6 is 0 Å². The predicted octanol–water partition coefficient (Wildman–Crippen LogP) is 4.48. The van der Waals surface area contributed by atoms with Gasteiger partial charge in [0.1, 0.15) is 17.2 Å². The van der Waals surface area contributed by atoms with Crippen molar-refractivity contribution in [3.8, 4) is 11.3 Å². The molecule has 1 amide bonds. The highest BCUT2D eigenvalue weighted by molar-refractivity contribution is 6.04. The molecule has 0 spiro atoms. The van der Waals surface area contributed by atoms with Crippen molar-refractivity contribution in [2.75, 3.05) is 11.1 Å². The van der Waals surface area contributed by atoms with Crippen LogP contribution in [-0.4, -0.2) is 27.2 Å². The van der Waals surface area contributed by atoms with Crippen LogP contribution < -0.4 is 11.1 Å². The van der Waals surface area contributed by atoms with E-state index in [-0.39, 0.29) is 11.7 Å². The maximum Gasteiger partial charge on any atom is 0.418 e. The second kappa shape index (κ2) is 7.79. The topological polar surface area (TPSA) is 99.2 Å². The molecule has 3 N–H and O–H groups in total. The number of rotatable bonds is 3. The Morgan fingerprint density at radius 3 is 2.38 bits per heavy atom. The summed E-state index contributed by atoms with van der Waals surface area (Å²) in [5.41, 5.74) is 8.21. The van der Waals surface area contributed by atoms with E-state index in [0.29, 0.717) is 22.6 Å². The van der Waals surface area contributed by atoms with Gasteiger partial charge in [-0.25, -0.2) is 9.78 Å². The van der Waals surface area contributed by atoms with Gasteiger partial charge in [-0.05, 0) is 64.1 Å². The molecule has 7 heteroatoms. The monoisotopic (exact) mass is 392 g/mol. The zero-order chi connectivity index (χ0) is 21.2. The lowest BCUT2D eigenvalue weighted by Gasteiger charge is -2.20.